The number of likely N-dealkylation sites (tertiary alicyclic amines) is 1. The summed E-state index contributed by atoms with van der Waals surface area (Å²) in [6, 6.07) is 0. The summed E-state index contributed by atoms with van der Waals surface area (Å²) in [7, 11) is 0. The highest BCUT2D eigenvalue weighted by Crippen LogP contribution is 2.08. The summed E-state index contributed by atoms with van der Waals surface area (Å²) < 4.78 is 5.71. The van der Waals surface area contributed by atoms with E-state index in [1.807, 2.05) is 4.90 Å². The molecule has 2 aliphatic heterocycles. The van der Waals surface area contributed by atoms with Crippen LogP contribution in [-0.2, 0) is 9.53 Å². The molecular formula is C12H23N2O2+. The van der Waals surface area contributed by atoms with Crippen LogP contribution < -0.4 is 4.90 Å². The molecule has 0 unspecified atom stereocenters. The van der Waals surface area contributed by atoms with Crippen LogP contribution in [0.15, 0.2) is 0 Å². The van der Waals surface area contributed by atoms with E-state index in [4.69, 9.17) is 4.74 Å². The van der Waals surface area contributed by atoms with Gasteiger partial charge >= 0.3 is 0 Å². The molecule has 4 heteroatoms. The van der Waals surface area contributed by atoms with Gasteiger partial charge in [-0.25, -0.2) is 0 Å². The van der Waals surface area contributed by atoms with E-state index in [2.05, 4.69) is 13.8 Å². The number of amides is 1. The third kappa shape index (κ3) is 2.95. The van der Waals surface area contributed by atoms with E-state index >= 15 is 0 Å². The molecule has 2 aliphatic rings. The first-order valence-corrected chi connectivity index (χ1v) is 6.42. The fourth-order valence-electron chi connectivity index (χ4n) is 2.82. The number of hydrogen-bond acceptors (Lipinski definition) is 2. The smallest absolute Gasteiger partial charge is 0.226 e. The van der Waals surface area contributed by atoms with Gasteiger partial charge in [-0.3, -0.25) is 9.69 Å². The van der Waals surface area contributed by atoms with Gasteiger partial charge in [0.05, 0.1) is 0 Å². The van der Waals surface area contributed by atoms with Crippen LogP contribution in [-0.4, -0.2) is 49.3 Å². The number of quaternary nitrogens is 1. The lowest BCUT2D eigenvalue weighted by Crippen LogP contribution is -3.16. The van der Waals surface area contributed by atoms with Crippen molar-refractivity contribution in [3.8, 4) is 0 Å². The normalized spacial score (nSPS) is 36.5. The minimum Gasteiger partial charge on any atom is -0.364 e. The first kappa shape index (κ1) is 11.9. The second-order valence-electron chi connectivity index (χ2n) is 5.19. The van der Waals surface area contributed by atoms with E-state index in [0.717, 1.165) is 39.1 Å². The highest BCUT2D eigenvalue weighted by molar-refractivity contribution is 5.76. The fraction of sp³-hybridized carbons (Fsp3) is 0.917. The standard InChI is InChI=1S/C12H22N2O2/c1-10-7-13(8-11(2)16-10)9-14-6-4-3-5-12(14)15/h10-11H,3-9H2,1-2H3/p+1/t10-,11-/m1/s1. The number of nitrogens with zero attached hydrogens (tertiary/aromatic N) is 1. The second kappa shape index (κ2) is 5.15. The SMILES string of the molecule is C[C@@H]1C[NH+](CN2CCCCC2=O)C[C@@H](C)O1. The van der Waals surface area contributed by atoms with E-state index in [9.17, 15) is 4.79 Å². The quantitative estimate of drug-likeness (QED) is 0.699. The molecule has 2 heterocycles. The Morgan fingerprint density at radius 1 is 1.31 bits per heavy atom. The zero-order valence-corrected chi connectivity index (χ0v) is 10.4. The lowest BCUT2D eigenvalue weighted by molar-refractivity contribution is -0.923. The molecule has 16 heavy (non-hydrogen) atoms. The zero-order chi connectivity index (χ0) is 11.5. The molecule has 2 saturated heterocycles. The highest BCUT2D eigenvalue weighted by Gasteiger charge is 2.29. The van der Waals surface area contributed by atoms with E-state index < -0.39 is 0 Å². The zero-order valence-electron chi connectivity index (χ0n) is 10.4. The van der Waals surface area contributed by atoms with Gasteiger partial charge in [-0.1, -0.05) is 0 Å². The van der Waals surface area contributed by atoms with Crippen molar-refractivity contribution in [2.24, 2.45) is 0 Å². The predicted molar refractivity (Wildman–Crippen MR) is 61.1 cm³/mol. The molecule has 1 amide bonds. The third-order valence-corrected chi connectivity index (χ3v) is 3.45. The molecule has 0 spiro atoms. The molecule has 1 N–H and O–H groups in total. The Bertz CT molecular complexity index is 247. The summed E-state index contributed by atoms with van der Waals surface area (Å²) in [6.07, 6.45) is 3.62. The van der Waals surface area contributed by atoms with Crippen molar-refractivity contribution >= 4 is 5.91 Å². The van der Waals surface area contributed by atoms with Crippen LogP contribution in [0.1, 0.15) is 33.1 Å². The fourth-order valence-corrected chi connectivity index (χ4v) is 2.82. The molecule has 4 nitrogen and oxygen atoms in total. The van der Waals surface area contributed by atoms with Gasteiger partial charge in [-0.05, 0) is 26.7 Å². The Hall–Kier alpha value is -0.610. The average Bonchev–Trinajstić information content (AvgIpc) is 2.20. The molecule has 0 aliphatic carbocycles. The molecule has 0 radical (unpaired) electrons. The van der Waals surface area contributed by atoms with Crippen molar-refractivity contribution in [2.75, 3.05) is 26.3 Å². The van der Waals surface area contributed by atoms with Crippen molar-refractivity contribution in [1.82, 2.24) is 4.90 Å². The third-order valence-electron chi connectivity index (χ3n) is 3.45. The maximum Gasteiger partial charge on any atom is 0.226 e. The van der Waals surface area contributed by atoms with Gasteiger partial charge in [0.25, 0.3) is 0 Å². The first-order chi connectivity index (χ1) is 7.65. The van der Waals surface area contributed by atoms with Crippen LogP contribution in [0.3, 0.4) is 0 Å². The van der Waals surface area contributed by atoms with E-state index in [0.29, 0.717) is 18.1 Å². The molecule has 2 fully saturated rings. The number of nitrogens with one attached hydrogen (secondary N) is 1. The largest absolute Gasteiger partial charge is 0.364 e. The molecule has 0 saturated carbocycles. The number of morpholine rings is 1. The van der Waals surface area contributed by atoms with Gasteiger partial charge < -0.3 is 9.64 Å². The number of rotatable bonds is 2. The molecule has 0 aromatic carbocycles. The maximum absolute atomic E-state index is 11.7. The van der Waals surface area contributed by atoms with Crippen LogP contribution >= 0.6 is 0 Å². The van der Waals surface area contributed by atoms with Gasteiger partial charge in [0.2, 0.25) is 5.91 Å². The molecule has 0 bridgehead atoms. The summed E-state index contributed by atoms with van der Waals surface area (Å²) in [5, 5.41) is 0. The second-order valence-corrected chi connectivity index (χ2v) is 5.19. The molecular weight excluding hydrogens is 204 g/mol. The Kier molecular flexibility index (Phi) is 3.82. The average molecular weight is 227 g/mol. The number of piperidine rings is 1. The van der Waals surface area contributed by atoms with Crippen LogP contribution in [0.4, 0.5) is 0 Å². The van der Waals surface area contributed by atoms with Gasteiger partial charge in [-0.2, -0.15) is 0 Å². The van der Waals surface area contributed by atoms with E-state index in [1.165, 1.54) is 11.3 Å². The van der Waals surface area contributed by atoms with Crippen molar-refractivity contribution < 1.29 is 14.4 Å². The van der Waals surface area contributed by atoms with Crippen molar-refractivity contribution in [3.63, 3.8) is 0 Å². The van der Waals surface area contributed by atoms with E-state index in [-0.39, 0.29) is 0 Å². The minimum absolute atomic E-state index is 0.318. The van der Waals surface area contributed by atoms with Crippen LogP contribution in [0, 0.1) is 0 Å². The number of ether oxygens (including phenoxy) is 1. The number of carbonyl (C=O) groups is 1. The van der Waals surface area contributed by atoms with Gasteiger partial charge in [0.15, 0.2) is 6.67 Å². The summed E-state index contributed by atoms with van der Waals surface area (Å²) in [5.41, 5.74) is 0. The highest BCUT2D eigenvalue weighted by atomic mass is 16.5. The first-order valence-electron chi connectivity index (χ1n) is 6.42. The Balaban J connectivity index is 1.85. The topological polar surface area (TPSA) is 34.0 Å². The van der Waals surface area contributed by atoms with Gasteiger partial charge in [0, 0.05) is 13.0 Å². The summed E-state index contributed by atoms with van der Waals surface area (Å²) in [4.78, 5) is 15.2. The van der Waals surface area contributed by atoms with Crippen molar-refractivity contribution in [3.05, 3.63) is 0 Å². The number of hydrogen-bond donors (Lipinski definition) is 1. The van der Waals surface area contributed by atoms with Crippen LogP contribution in [0.2, 0.25) is 0 Å². The molecule has 2 atom stereocenters. The summed E-state index contributed by atoms with van der Waals surface area (Å²) in [5.74, 6) is 0.338. The minimum atomic E-state index is 0.318. The predicted octanol–water partition coefficient (Wildman–Crippen LogP) is -0.351. The monoisotopic (exact) mass is 227 g/mol. The van der Waals surface area contributed by atoms with Gasteiger partial charge in [-0.15, -0.1) is 0 Å². The van der Waals surface area contributed by atoms with Gasteiger partial charge in [0.1, 0.15) is 25.3 Å². The Labute approximate surface area is 97.5 Å². The Morgan fingerprint density at radius 2 is 2.00 bits per heavy atom. The van der Waals surface area contributed by atoms with Crippen LogP contribution in [0.25, 0.3) is 0 Å². The lowest BCUT2D eigenvalue weighted by atomic mass is 10.1. The lowest BCUT2D eigenvalue weighted by Gasteiger charge is -2.36. The summed E-state index contributed by atoms with van der Waals surface area (Å²) in [6.45, 7) is 8.10. The van der Waals surface area contributed by atoms with E-state index in [1.54, 1.807) is 0 Å². The molecule has 2 rings (SSSR count). The van der Waals surface area contributed by atoms with Crippen molar-refractivity contribution in [1.29, 1.82) is 0 Å². The number of carbonyl (C=O) groups excluding carboxylic acids is 1. The molecule has 0 aromatic heterocycles. The molecule has 0 aromatic rings. The summed E-state index contributed by atoms with van der Waals surface area (Å²) >= 11 is 0. The molecule has 92 valence electrons. The van der Waals surface area contributed by atoms with Crippen LogP contribution in [0.5, 0.6) is 0 Å². The maximum atomic E-state index is 11.7. The Morgan fingerprint density at radius 3 is 2.62 bits per heavy atom. The van der Waals surface area contributed by atoms with Crippen molar-refractivity contribution in [2.45, 2.75) is 45.3 Å².